The molecule has 2 N–H and O–H groups in total. The Balaban J connectivity index is 1.44. The van der Waals surface area contributed by atoms with Crippen molar-refractivity contribution in [3.05, 3.63) is 32.7 Å². The summed E-state index contributed by atoms with van der Waals surface area (Å²) in [5.74, 6) is 0.0443. The first-order valence-electron chi connectivity index (χ1n) is 12.2. The lowest BCUT2D eigenvalue weighted by atomic mass is 10.0. The summed E-state index contributed by atoms with van der Waals surface area (Å²) in [6.45, 7) is 9.57. The first-order chi connectivity index (χ1) is 17.1. The van der Waals surface area contributed by atoms with Gasteiger partial charge in [0, 0.05) is 43.7 Å². The Morgan fingerprint density at radius 1 is 1.19 bits per heavy atom. The zero-order chi connectivity index (χ0) is 26.2. The second kappa shape index (κ2) is 13.0. The van der Waals surface area contributed by atoms with Crippen LogP contribution in [0.1, 0.15) is 62.0 Å². The van der Waals surface area contributed by atoms with E-state index in [0.717, 1.165) is 15.6 Å². The van der Waals surface area contributed by atoms with E-state index in [4.69, 9.17) is 4.74 Å². The Kier molecular flexibility index (Phi) is 10.1. The topological polar surface area (TPSA) is 117 Å². The van der Waals surface area contributed by atoms with E-state index >= 15 is 0 Å². The quantitative estimate of drug-likeness (QED) is 0.503. The second-order valence-corrected chi connectivity index (χ2v) is 11.5. The van der Waals surface area contributed by atoms with Crippen LogP contribution in [0.25, 0.3) is 0 Å². The molecule has 3 heterocycles. The molecule has 2 aromatic heterocycles. The third-order valence-electron chi connectivity index (χ3n) is 5.96. The van der Waals surface area contributed by atoms with Gasteiger partial charge in [0.25, 0.3) is 0 Å². The average Bonchev–Trinajstić information content (AvgIpc) is 3.53. The molecule has 1 aliphatic rings. The van der Waals surface area contributed by atoms with Gasteiger partial charge in [-0.15, -0.1) is 22.7 Å². The number of ether oxygens (including phenoxy) is 1. The van der Waals surface area contributed by atoms with E-state index in [2.05, 4.69) is 34.4 Å². The Hall–Kier alpha value is -2.73. The molecular formula is C24H36N6O4S2. The number of thiazole rings is 2. The van der Waals surface area contributed by atoms with Gasteiger partial charge < -0.3 is 25.2 Å². The highest BCUT2D eigenvalue weighted by atomic mass is 32.1. The fourth-order valence-electron chi connectivity index (χ4n) is 3.79. The number of urea groups is 1. The lowest BCUT2D eigenvalue weighted by Gasteiger charge is -2.33. The molecule has 2 aromatic rings. The molecule has 1 aliphatic heterocycles. The fraction of sp³-hybridized carbons (Fsp3) is 0.625. The highest BCUT2D eigenvalue weighted by Crippen LogP contribution is 2.20. The minimum absolute atomic E-state index is 0.0663. The summed E-state index contributed by atoms with van der Waals surface area (Å²) >= 11 is 3.03. The van der Waals surface area contributed by atoms with Gasteiger partial charge >= 0.3 is 12.1 Å². The summed E-state index contributed by atoms with van der Waals surface area (Å²) in [5.41, 5.74) is 2.54. The lowest BCUT2D eigenvalue weighted by molar-refractivity contribution is -0.124. The van der Waals surface area contributed by atoms with E-state index in [1.807, 2.05) is 19.2 Å². The van der Waals surface area contributed by atoms with Crippen LogP contribution < -0.4 is 10.6 Å². The van der Waals surface area contributed by atoms with Gasteiger partial charge in [-0.25, -0.2) is 14.6 Å². The molecule has 36 heavy (non-hydrogen) atoms. The molecule has 0 radical (unpaired) electrons. The number of likely N-dealkylation sites (tertiary alicyclic amines) is 1. The van der Waals surface area contributed by atoms with Gasteiger partial charge in [0.15, 0.2) is 0 Å². The standard InChI is InChI=1S/C24H36N6O4S2/c1-15(2)20(28-23(32)29(5)11-18-13-35-22(27-18)16(3)4)21(31)26-17-6-8-30(9-7-17)24(33)34-12-19-10-25-14-36-19/h10,13-17,20H,6-9,11-12H2,1-5H3,(H,26,31)(H,28,32). The summed E-state index contributed by atoms with van der Waals surface area (Å²) in [6, 6.07) is -1.05. The van der Waals surface area contributed by atoms with E-state index in [-0.39, 0.29) is 36.6 Å². The molecule has 0 aliphatic carbocycles. The van der Waals surface area contributed by atoms with Crippen LogP contribution in [-0.2, 0) is 22.7 Å². The number of piperidine rings is 1. The molecule has 10 nitrogen and oxygen atoms in total. The van der Waals surface area contributed by atoms with Crippen molar-refractivity contribution < 1.29 is 19.1 Å². The Morgan fingerprint density at radius 2 is 1.92 bits per heavy atom. The molecule has 1 fully saturated rings. The predicted octanol–water partition coefficient (Wildman–Crippen LogP) is 3.81. The van der Waals surface area contributed by atoms with Gasteiger partial charge in [-0.2, -0.15) is 0 Å². The Morgan fingerprint density at radius 3 is 2.50 bits per heavy atom. The number of aromatic nitrogens is 2. The number of nitrogens with one attached hydrogen (secondary N) is 2. The molecule has 4 amide bonds. The van der Waals surface area contributed by atoms with Crippen molar-refractivity contribution in [2.45, 2.75) is 71.7 Å². The van der Waals surface area contributed by atoms with E-state index in [1.54, 1.807) is 35.0 Å². The first kappa shape index (κ1) is 27.9. The molecule has 0 spiro atoms. The lowest BCUT2D eigenvalue weighted by Crippen LogP contribution is -2.56. The molecule has 1 atom stereocenters. The summed E-state index contributed by atoms with van der Waals surface area (Å²) in [4.78, 5) is 50.8. The molecule has 0 saturated carbocycles. The number of amides is 4. The van der Waals surface area contributed by atoms with Gasteiger partial charge in [-0.1, -0.05) is 27.7 Å². The highest BCUT2D eigenvalue weighted by Gasteiger charge is 2.30. The summed E-state index contributed by atoms with van der Waals surface area (Å²) in [6.07, 6.45) is 2.58. The average molecular weight is 537 g/mol. The van der Waals surface area contributed by atoms with E-state index in [1.165, 1.54) is 16.2 Å². The predicted molar refractivity (Wildman–Crippen MR) is 140 cm³/mol. The molecule has 198 valence electrons. The van der Waals surface area contributed by atoms with E-state index in [9.17, 15) is 14.4 Å². The Labute approximate surface area is 220 Å². The zero-order valence-electron chi connectivity index (χ0n) is 21.5. The van der Waals surface area contributed by atoms with Gasteiger partial charge in [-0.3, -0.25) is 9.78 Å². The first-order valence-corrected chi connectivity index (χ1v) is 13.9. The largest absolute Gasteiger partial charge is 0.444 e. The third kappa shape index (κ3) is 7.89. The summed E-state index contributed by atoms with van der Waals surface area (Å²) in [7, 11) is 1.70. The van der Waals surface area contributed by atoms with Crippen molar-refractivity contribution in [1.29, 1.82) is 0 Å². The second-order valence-electron chi connectivity index (χ2n) is 9.65. The maximum absolute atomic E-state index is 13.0. The molecule has 1 unspecified atom stereocenters. The van der Waals surface area contributed by atoms with Crippen molar-refractivity contribution in [2.24, 2.45) is 5.92 Å². The van der Waals surface area contributed by atoms with Crippen molar-refractivity contribution in [2.75, 3.05) is 20.1 Å². The van der Waals surface area contributed by atoms with Crippen LogP contribution in [0.5, 0.6) is 0 Å². The zero-order valence-corrected chi connectivity index (χ0v) is 23.2. The highest BCUT2D eigenvalue weighted by molar-refractivity contribution is 7.09. The van der Waals surface area contributed by atoms with Crippen LogP contribution in [0.3, 0.4) is 0 Å². The molecular weight excluding hydrogens is 500 g/mol. The summed E-state index contributed by atoms with van der Waals surface area (Å²) < 4.78 is 5.35. The van der Waals surface area contributed by atoms with Crippen molar-refractivity contribution in [1.82, 2.24) is 30.4 Å². The van der Waals surface area contributed by atoms with Crippen molar-refractivity contribution >= 4 is 40.7 Å². The smallest absolute Gasteiger partial charge is 0.410 e. The SMILES string of the molecule is CC(C)c1nc(CN(C)C(=O)NC(C(=O)NC2CCN(C(=O)OCc3cncs3)CC2)C(C)C)cs1. The number of rotatable bonds is 9. The van der Waals surface area contributed by atoms with Gasteiger partial charge in [0.1, 0.15) is 12.6 Å². The minimum atomic E-state index is -0.663. The molecule has 12 heteroatoms. The van der Waals surface area contributed by atoms with Gasteiger partial charge in [-0.05, 0) is 18.8 Å². The van der Waals surface area contributed by atoms with Crippen LogP contribution in [0.15, 0.2) is 17.1 Å². The number of hydrogen-bond donors (Lipinski definition) is 2. The minimum Gasteiger partial charge on any atom is -0.444 e. The van der Waals surface area contributed by atoms with Crippen molar-refractivity contribution in [3.8, 4) is 0 Å². The number of carbonyl (C=O) groups is 3. The maximum Gasteiger partial charge on any atom is 0.410 e. The van der Waals surface area contributed by atoms with Crippen LogP contribution in [0.2, 0.25) is 0 Å². The van der Waals surface area contributed by atoms with E-state index < -0.39 is 6.04 Å². The molecule has 0 aromatic carbocycles. The summed E-state index contributed by atoms with van der Waals surface area (Å²) in [5, 5.41) is 8.93. The number of nitrogens with zero attached hydrogens (tertiary/aromatic N) is 4. The molecule has 3 rings (SSSR count). The Bertz CT molecular complexity index is 1000. The van der Waals surface area contributed by atoms with E-state index in [0.29, 0.717) is 38.4 Å². The maximum atomic E-state index is 13.0. The number of carbonyl (C=O) groups excluding carboxylic acids is 3. The third-order valence-corrected chi connectivity index (χ3v) is 7.91. The van der Waals surface area contributed by atoms with Crippen LogP contribution in [-0.4, -0.2) is 70.0 Å². The van der Waals surface area contributed by atoms with Crippen LogP contribution in [0, 0.1) is 5.92 Å². The normalized spacial score (nSPS) is 15.1. The van der Waals surface area contributed by atoms with Gasteiger partial charge in [0.2, 0.25) is 5.91 Å². The number of hydrogen-bond acceptors (Lipinski definition) is 8. The van der Waals surface area contributed by atoms with Crippen molar-refractivity contribution in [3.63, 3.8) is 0 Å². The molecule has 0 bridgehead atoms. The van der Waals surface area contributed by atoms with Crippen LogP contribution in [0.4, 0.5) is 9.59 Å². The van der Waals surface area contributed by atoms with Crippen LogP contribution >= 0.6 is 22.7 Å². The fourth-order valence-corrected chi connectivity index (χ4v) is 5.12. The monoisotopic (exact) mass is 536 g/mol. The van der Waals surface area contributed by atoms with Gasteiger partial charge in [0.05, 0.1) is 27.6 Å². The molecule has 1 saturated heterocycles.